The van der Waals surface area contributed by atoms with Gasteiger partial charge in [-0.1, -0.05) is 12.1 Å². The fraction of sp³-hybridized carbons (Fsp3) is 0.417. The molecule has 0 fully saturated rings. The van der Waals surface area contributed by atoms with Crippen LogP contribution in [-0.4, -0.2) is 29.4 Å². The van der Waals surface area contributed by atoms with Gasteiger partial charge in [0.15, 0.2) is 0 Å². The molecule has 1 rings (SSSR count). The molecule has 0 amide bonds. The highest BCUT2D eigenvalue weighted by Crippen LogP contribution is 2.12. The number of hydrogen-bond acceptors (Lipinski definition) is 3. The van der Waals surface area contributed by atoms with Crippen LogP contribution in [-0.2, 0) is 11.2 Å². The molecule has 0 radical (unpaired) electrons. The van der Waals surface area contributed by atoms with Gasteiger partial charge in [-0.15, -0.1) is 0 Å². The van der Waals surface area contributed by atoms with Crippen molar-refractivity contribution >= 4 is 5.97 Å². The zero-order valence-corrected chi connectivity index (χ0v) is 9.06. The summed E-state index contributed by atoms with van der Waals surface area (Å²) in [4.78, 5) is 10.2. The maximum Gasteiger partial charge on any atom is 0.303 e. The fourth-order valence-electron chi connectivity index (χ4n) is 1.29. The number of carboxylic acids is 1. The van der Waals surface area contributed by atoms with Gasteiger partial charge in [0.1, 0.15) is 5.75 Å². The molecular formula is C12H16O4. The normalized spacial score (nSPS) is 10.1. The van der Waals surface area contributed by atoms with E-state index in [1.54, 1.807) is 0 Å². The van der Waals surface area contributed by atoms with Crippen LogP contribution in [0.2, 0.25) is 0 Å². The summed E-state index contributed by atoms with van der Waals surface area (Å²) in [6.45, 7) is 0.546. The van der Waals surface area contributed by atoms with Crippen LogP contribution in [0.1, 0.15) is 18.4 Å². The van der Waals surface area contributed by atoms with Gasteiger partial charge in [0.2, 0.25) is 0 Å². The Balaban J connectivity index is 2.29. The molecule has 1 aromatic carbocycles. The largest absolute Gasteiger partial charge is 0.494 e. The highest BCUT2D eigenvalue weighted by atomic mass is 16.5. The van der Waals surface area contributed by atoms with Crippen molar-refractivity contribution < 1.29 is 19.7 Å². The third-order valence-corrected chi connectivity index (χ3v) is 2.13. The van der Waals surface area contributed by atoms with Crippen molar-refractivity contribution in [3.8, 4) is 5.75 Å². The molecule has 0 saturated carbocycles. The van der Waals surface area contributed by atoms with E-state index in [9.17, 15) is 4.79 Å². The minimum atomic E-state index is -0.804. The maximum atomic E-state index is 10.2. The molecular weight excluding hydrogens is 208 g/mol. The van der Waals surface area contributed by atoms with E-state index >= 15 is 0 Å². The lowest BCUT2D eigenvalue weighted by atomic mass is 10.1. The molecule has 0 aliphatic carbocycles. The first-order valence-corrected chi connectivity index (χ1v) is 5.27. The van der Waals surface area contributed by atoms with E-state index < -0.39 is 5.97 Å². The Hall–Kier alpha value is -1.55. The van der Waals surface area contributed by atoms with E-state index in [-0.39, 0.29) is 13.0 Å². The van der Waals surface area contributed by atoms with Crippen molar-refractivity contribution in [1.29, 1.82) is 0 Å². The molecule has 0 saturated heterocycles. The van der Waals surface area contributed by atoms with Crippen LogP contribution >= 0.6 is 0 Å². The van der Waals surface area contributed by atoms with E-state index in [1.807, 2.05) is 24.3 Å². The molecule has 1 aromatic rings. The second-order valence-corrected chi connectivity index (χ2v) is 3.46. The number of carboxylic acid groups (broad SMARTS) is 1. The molecule has 0 aliphatic heterocycles. The lowest BCUT2D eigenvalue weighted by Gasteiger charge is -2.05. The first kappa shape index (κ1) is 12.5. The van der Waals surface area contributed by atoms with E-state index in [2.05, 4.69) is 0 Å². The number of carbonyl (C=O) groups is 1. The van der Waals surface area contributed by atoms with Gasteiger partial charge >= 0.3 is 5.97 Å². The van der Waals surface area contributed by atoms with E-state index in [4.69, 9.17) is 14.9 Å². The van der Waals surface area contributed by atoms with Gasteiger partial charge in [0.05, 0.1) is 6.61 Å². The van der Waals surface area contributed by atoms with Gasteiger partial charge in [0.25, 0.3) is 0 Å². The number of aliphatic hydroxyl groups is 1. The molecule has 4 heteroatoms. The van der Waals surface area contributed by atoms with Crippen LogP contribution < -0.4 is 4.74 Å². The number of hydrogen-bond donors (Lipinski definition) is 2. The van der Waals surface area contributed by atoms with Gasteiger partial charge in [-0.25, -0.2) is 0 Å². The summed E-state index contributed by atoms with van der Waals surface area (Å²) in [5.41, 5.74) is 1.06. The monoisotopic (exact) mass is 224 g/mol. The molecule has 0 unspecified atom stereocenters. The number of aliphatic carboxylic acids is 1. The Morgan fingerprint density at radius 3 is 2.50 bits per heavy atom. The quantitative estimate of drug-likeness (QED) is 0.688. The van der Waals surface area contributed by atoms with E-state index in [0.717, 1.165) is 11.3 Å². The molecule has 2 N–H and O–H groups in total. The maximum absolute atomic E-state index is 10.2. The minimum Gasteiger partial charge on any atom is -0.494 e. The van der Waals surface area contributed by atoms with Gasteiger partial charge in [-0.05, 0) is 30.5 Å². The van der Waals surface area contributed by atoms with E-state index in [1.165, 1.54) is 0 Å². The highest BCUT2D eigenvalue weighted by Gasteiger charge is 1.98. The Morgan fingerprint density at radius 1 is 1.25 bits per heavy atom. The average molecular weight is 224 g/mol. The first-order valence-electron chi connectivity index (χ1n) is 5.27. The Bertz CT molecular complexity index is 318. The zero-order chi connectivity index (χ0) is 11.8. The molecule has 0 atom stereocenters. The zero-order valence-electron chi connectivity index (χ0n) is 9.06. The van der Waals surface area contributed by atoms with Crippen LogP contribution in [0.5, 0.6) is 5.75 Å². The van der Waals surface area contributed by atoms with Crippen LogP contribution in [0, 0.1) is 0 Å². The number of aliphatic hydroxyl groups excluding tert-OH is 1. The topological polar surface area (TPSA) is 66.8 Å². The highest BCUT2D eigenvalue weighted by molar-refractivity contribution is 5.66. The lowest BCUT2D eigenvalue weighted by molar-refractivity contribution is -0.137. The van der Waals surface area contributed by atoms with E-state index in [0.29, 0.717) is 19.4 Å². The predicted octanol–water partition coefficient (Wildman–Crippen LogP) is 1.47. The molecule has 0 heterocycles. The minimum absolute atomic E-state index is 0.128. The summed E-state index contributed by atoms with van der Waals surface area (Å²) < 4.78 is 5.36. The van der Waals surface area contributed by atoms with Gasteiger partial charge in [0, 0.05) is 13.0 Å². The number of rotatable bonds is 7. The van der Waals surface area contributed by atoms with Gasteiger partial charge in [-0.3, -0.25) is 4.79 Å². The average Bonchev–Trinajstić information content (AvgIpc) is 2.27. The van der Waals surface area contributed by atoms with Crippen molar-refractivity contribution in [2.24, 2.45) is 0 Å². The van der Waals surface area contributed by atoms with Crippen molar-refractivity contribution in [1.82, 2.24) is 0 Å². The van der Waals surface area contributed by atoms with Crippen LogP contribution in [0.3, 0.4) is 0 Å². The van der Waals surface area contributed by atoms with Gasteiger partial charge in [-0.2, -0.15) is 0 Å². The summed E-state index contributed by atoms with van der Waals surface area (Å²) in [5, 5.41) is 17.2. The lowest BCUT2D eigenvalue weighted by Crippen LogP contribution is -2.02. The second-order valence-electron chi connectivity index (χ2n) is 3.46. The summed E-state index contributed by atoms with van der Waals surface area (Å²) in [6, 6.07) is 7.43. The summed E-state index contributed by atoms with van der Waals surface area (Å²) in [5.74, 6) is -0.0750. The van der Waals surface area contributed by atoms with Gasteiger partial charge < -0.3 is 14.9 Å². The Morgan fingerprint density at radius 2 is 1.94 bits per heavy atom. The summed E-state index contributed by atoms with van der Waals surface area (Å²) in [7, 11) is 0. The SMILES string of the molecule is O=C(O)CCCOc1ccc(CCO)cc1. The number of benzene rings is 1. The third kappa shape index (κ3) is 4.79. The van der Waals surface area contributed by atoms with Crippen molar-refractivity contribution in [3.05, 3.63) is 29.8 Å². The molecule has 0 aromatic heterocycles. The standard InChI is InChI=1S/C12H16O4/c13-8-7-10-3-5-11(6-4-10)16-9-1-2-12(14)15/h3-6,13H,1-2,7-9H2,(H,14,15). The van der Waals surface area contributed by atoms with Crippen LogP contribution in [0.15, 0.2) is 24.3 Å². The number of ether oxygens (including phenoxy) is 1. The smallest absolute Gasteiger partial charge is 0.303 e. The second kappa shape index (κ2) is 6.85. The molecule has 0 bridgehead atoms. The molecule has 0 spiro atoms. The van der Waals surface area contributed by atoms with Crippen molar-refractivity contribution in [2.45, 2.75) is 19.3 Å². The van der Waals surface area contributed by atoms with Crippen LogP contribution in [0.4, 0.5) is 0 Å². The Kier molecular flexibility index (Phi) is 5.36. The molecule has 16 heavy (non-hydrogen) atoms. The summed E-state index contributed by atoms with van der Waals surface area (Å²) >= 11 is 0. The van der Waals surface area contributed by atoms with Crippen molar-refractivity contribution in [2.75, 3.05) is 13.2 Å². The Labute approximate surface area is 94.5 Å². The molecule has 4 nitrogen and oxygen atoms in total. The molecule has 88 valence electrons. The summed E-state index contributed by atoms with van der Waals surface area (Å²) in [6.07, 6.45) is 1.27. The molecule has 0 aliphatic rings. The van der Waals surface area contributed by atoms with Crippen molar-refractivity contribution in [3.63, 3.8) is 0 Å². The third-order valence-electron chi connectivity index (χ3n) is 2.13. The fourth-order valence-corrected chi connectivity index (χ4v) is 1.29. The van der Waals surface area contributed by atoms with Crippen LogP contribution in [0.25, 0.3) is 0 Å². The first-order chi connectivity index (χ1) is 7.72. The predicted molar refractivity (Wildman–Crippen MR) is 59.6 cm³/mol.